The normalized spacial score (nSPS) is 10.9. The zero-order valence-electron chi connectivity index (χ0n) is 17.5. The first-order valence-electron chi connectivity index (χ1n) is 10.2. The van der Waals surface area contributed by atoms with Crippen molar-refractivity contribution in [2.75, 3.05) is 5.73 Å². The molecule has 0 radical (unpaired) electrons. The molecule has 5 rings (SSSR count). The minimum Gasteiger partial charge on any atom is -0.489 e. The van der Waals surface area contributed by atoms with Gasteiger partial charge in [-0.25, -0.2) is 4.98 Å². The van der Waals surface area contributed by atoms with E-state index < -0.39 is 0 Å². The van der Waals surface area contributed by atoms with E-state index in [0.29, 0.717) is 18.1 Å². The van der Waals surface area contributed by atoms with E-state index in [1.165, 1.54) is 16.9 Å². The number of aryl methyl sites for hydroxylation is 1. The summed E-state index contributed by atoms with van der Waals surface area (Å²) in [5, 5.41) is 11.3. The first kappa shape index (κ1) is 20.0. The predicted octanol–water partition coefficient (Wildman–Crippen LogP) is 5.53. The van der Waals surface area contributed by atoms with Gasteiger partial charge in [0.2, 0.25) is 0 Å². The maximum Gasteiger partial charge on any atom is 0.165 e. The number of nitrogens with zero attached hydrogens (tertiary/aromatic N) is 4. The summed E-state index contributed by atoms with van der Waals surface area (Å²) in [5.74, 6) is 1.23. The molecule has 2 aromatic heterocycles. The Morgan fingerprint density at radius 3 is 2.44 bits per heavy atom. The van der Waals surface area contributed by atoms with Crippen molar-refractivity contribution in [3.05, 3.63) is 95.4 Å². The van der Waals surface area contributed by atoms with Crippen molar-refractivity contribution in [3.63, 3.8) is 0 Å². The molecule has 2 heterocycles. The Balaban J connectivity index is 1.33. The maximum absolute atomic E-state index is 6.38. The molecule has 0 unspecified atom stereocenters. The molecule has 0 bridgehead atoms. The van der Waals surface area contributed by atoms with Gasteiger partial charge >= 0.3 is 0 Å². The molecule has 0 aliphatic carbocycles. The van der Waals surface area contributed by atoms with Crippen LogP contribution in [0.1, 0.15) is 11.1 Å². The molecule has 0 aliphatic heterocycles. The topological polar surface area (TPSA) is 78.8 Å². The number of nitrogens with two attached hydrogens (primary N) is 1. The lowest BCUT2D eigenvalue weighted by atomic mass is 10.1. The Hall–Kier alpha value is -3.97. The van der Waals surface area contributed by atoms with E-state index in [-0.39, 0.29) is 0 Å². The zero-order valence-corrected chi connectivity index (χ0v) is 18.3. The quantitative estimate of drug-likeness (QED) is 0.376. The lowest BCUT2D eigenvalue weighted by molar-refractivity contribution is 0.306. The number of hydrogen-bond acceptors (Lipinski definition) is 6. The number of rotatable bonds is 6. The van der Waals surface area contributed by atoms with Crippen LogP contribution in [0, 0.1) is 6.92 Å². The number of thiazole rings is 1. The van der Waals surface area contributed by atoms with Gasteiger partial charge in [-0.2, -0.15) is 4.68 Å². The van der Waals surface area contributed by atoms with Gasteiger partial charge in [-0.05, 0) is 36.8 Å². The summed E-state index contributed by atoms with van der Waals surface area (Å²) in [6.07, 6.45) is 0. The molecule has 2 N–H and O–H groups in total. The number of hydrogen-bond donors (Lipinski definition) is 1. The monoisotopic (exact) mass is 439 g/mol. The second-order valence-corrected chi connectivity index (χ2v) is 8.27. The zero-order chi connectivity index (χ0) is 21.9. The number of benzene rings is 3. The summed E-state index contributed by atoms with van der Waals surface area (Å²) < 4.78 is 7.47. The van der Waals surface area contributed by atoms with Crippen molar-refractivity contribution >= 4 is 17.2 Å². The van der Waals surface area contributed by atoms with Gasteiger partial charge in [0, 0.05) is 10.9 Å². The lowest BCUT2D eigenvalue weighted by Crippen LogP contribution is -2.02. The van der Waals surface area contributed by atoms with Crippen LogP contribution in [-0.2, 0) is 6.61 Å². The summed E-state index contributed by atoms with van der Waals surface area (Å²) >= 11 is 1.50. The Bertz CT molecular complexity index is 1330. The summed E-state index contributed by atoms with van der Waals surface area (Å²) in [5.41, 5.74) is 12.1. The molecule has 0 aliphatic rings. The Morgan fingerprint density at radius 2 is 1.69 bits per heavy atom. The molecular weight excluding hydrogens is 418 g/mol. The molecular formula is C25H21N5OS. The molecule has 0 amide bonds. The van der Waals surface area contributed by atoms with Gasteiger partial charge < -0.3 is 10.5 Å². The lowest BCUT2D eigenvalue weighted by Gasteiger charge is -2.08. The summed E-state index contributed by atoms with van der Waals surface area (Å²) in [6, 6.07) is 26.0. The second kappa shape index (κ2) is 8.64. The van der Waals surface area contributed by atoms with E-state index in [2.05, 4.69) is 41.5 Å². The van der Waals surface area contributed by atoms with Gasteiger partial charge in [0.1, 0.15) is 17.4 Å². The summed E-state index contributed by atoms with van der Waals surface area (Å²) in [4.78, 5) is 4.72. The number of nitrogen functional groups attached to an aromatic ring is 1. The summed E-state index contributed by atoms with van der Waals surface area (Å²) in [7, 11) is 0. The standard InChI is InChI=1S/C25H21N5OS/c1-17-7-9-19(10-8-17)22-16-32-25(27-22)23-24(26)30(29-28-23)20-11-13-21(14-12-20)31-15-18-5-3-2-4-6-18/h2-14,16H,15,26H2,1H3. The molecule has 6 nitrogen and oxygen atoms in total. The summed E-state index contributed by atoms with van der Waals surface area (Å²) in [6.45, 7) is 2.58. The molecule has 7 heteroatoms. The molecule has 0 saturated carbocycles. The van der Waals surface area contributed by atoms with E-state index in [0.717, 1.165) is 33.3 Å². The molecule has 0 saturated heterocycles. The van der Waals surface area contributed by atoms with Crippen LogP contribution in [0.5, 0.6) is 5.75 Å². The van der Waals surface area contributed by atoms with Gasteiger partial charge in [0.05, 0.1) is 11.4 Å². The van der Waals surface area contributed by atoms with Crippen LogP contribution in [-0.4, -0.2) is 20.0 Å². The highest BCUT2D eigenvalue weighted by atomic mass is 32.1. The third kappa shape index (κ3) is 4.10. The second-order valence-electron chi connectivity index (χ2n) is 7.41. The third-order valence-electron chi connectivity index (χ3n) is 5.09. The number of anilines is 1. The largest absolute Gasteiger partial charge is 0.489 e. The van der Waals surface area contributed by atoms with E-state index in [1.54, 1.807) is 4.68 Å². The van der Waals surface area contributed by atoms with E-state index in [4.69, 9.17) is 15.5 Å². The maximum atomic E-state index is 6.38. The average Bonchev–Trinajstić information content (AvgIpc) is 3.46. The van der Waals surface area contributed by atoms with Crippen LogP contribution in [0.2, 0.25) is 0 Å². The minimum absolute atomic E-state index is 0.452. The van der Waals surface area contributed by atoms with E-state index >= 15 is 0 Å². The fraction of sp³-hybridized carbons (Fsp3) is 0.0800. The van der Waals surface area contributed by atoms with Crippen LogP contribution >= 0.6 is 11.3 Å². The SMILES string of the molecule is Cc1ccc(-c2csc(-c3nnn(-c4ccc(OCc5ccccc5)cc4)c3N)n2)cc1. The fourth-order valence-electron chi connectivity index (χ4n) is 3.30. The third-order valence-corrected chi connectivity index (χ3v) is 5.94. The highest BCUT2D eigenvalue weighted by Gasteiger charge is 2.17. The van der Waals surface area contributed by atoms with Crippen molar-refractivity contribution in [2.24, 2.45) is 0 Å². The molecule has 158 valence electrons. The van der Waals surface area contributed by atoms with Crippen LogP contribution in [0.4, 0.5) is 5.82 Å². The molecule has 0 spiro atoms. The van der Waals surface area contributed by atoms with Gasteiger partial charge in [-0.1, -0.05) is 65.4 Å². The predicted molar refractivity (Wildman–Crippen MR) is 128 cm³/mol. The first-order valence-corrected chi connectivity index (χ1v) is 11.1. The molecule has 0 fully saturated rings. The van der Waals surface area contributed by atoms with Crippen LogP contribution in [0.25, 0.3) is 27.6 Å². The first-order chi connectivity index (χ1) is 15.7. The number of aromatic nitrogens is 4. The van der Waals surface area contributed by atoms with Crippen molar-refractivity contribution in [3.8, 4) is 33.4 Å². The highest BCUT2D eigenvalue weighted by molar-refractivity contribution is 7.13. The van der Waals surface area contributed by atoms with Gasteiger partial charge in [0.15, 0.2) is 11.5 Å². The van der Waals surface area contributed by atoms with Crippen molar-refractivity contribution in [1.29, 1.82) is 0 Å². The average molecular weight is 440 g/mol. The molecule has 0 atom stereocenters. The molecule has 3 aromatic carbocycles. The van der Waals surface area contributed by atoms with Crippen molar-refractivity contribution in [2.45, 2.75) is 13.5 Å². The van der Waals surface area contributed by atoms with Crippen molar-refractivity contribution < 1.29 is 4.74 Å². The van der Waals surface area contributed by atoms with Crippen LogP contribution < -0.4 is 10.5 Å². The Kier molecular flexibility index (Phi) is 5.39. The molecule has 5 aromatic rings. The van der Waals surface area contributed by atoms with Gasteiger partial charge in [-0.3, -0.25) is 0 Å². The van der Waals surface area contributed by atoms with Crippen molar-refractivity contribution in [1.82, 2.24) is 20.0 Å². The number of ether oxygens (including phenoxy) is 1. The van der Waals surface area contributed by atoms with E-state index in [1.807, 2.05) is 60.0 Å². The van der Waals surface area contributed by atoms with Crippen LogP contribution in [0.3, 0.4) is 0 Å². The van der Waals surface area contributed by atoms with Gasteiger partial charge in [-0.15, -0.1) is 16.4 Å². The van der Waals surface area contributed by atoms with Gasteiger partial charge in [0.25, 0.3) is 0 Å². The van der Waals surface area contributed by atoms with Crippen LogP contribution in [0.15, 0.2) is 84.2 Å². The Morgan fingerprint density at radius 1 is 0.938 bits per heavy atom. The highest BCUT2D eigenvalue weighted by Crippen LogP contribution is 2.32. The molecule has 32 heavy (non-hydrogen) atoms. The Labute approximate surface area is 189 Å². The smallest absolute Gasteiger partial charge is 0.165 e. The fourth-order valence-corrected chi connectivity index (χ4v) is 4.12. The minimum atomic E-state index is 0.452. The van der Waals surface area contributed by atoms with E-state index in [9.17, 15) is 0 Å².